The van der Waals surface area contributed by atoms with E-state index in [9.17, 15) is 8.78 Å². The molecule has 3 rings (SSSR count). The largest absolute Gasteiger partial charge is 0.494 e. The number of hydrogen-bond acceptors (Lipinski definition) is 3. The predicted octanol–water partition coefficient (Wildman–Crippen LogP) is 4.32. The molecule has 1 N–H and O–H groups in total. The third-order valence-corrected chi connectivity index (χ3v) is 4.39. The average molecular weight is 357 g/mol. The maximum absolute atomic E-state index is 13.5. The lowest BCUT2D eigenvalue weighted by Crippen LogP contribution is -2.18. The number of hydrogen-bond donors (Lipinski definition) is 1. The van der Waals surface area contributed by atoms with Crippen molar-refractivity contribution in [1.29, 1.82) is 0 Å². The molecule has 0 saturated carbocycles. The molecule has 0 unspecified atom stereocenters. The van der Waals surface area contributed by atoms with Gasteiger partial charge in [0.1, 0.15) is 5.82 Å². The first-order valence-electron chi connectivity index (χ1n) is 8.36. The van der Waals surface area contributed by atoms with E-state index in [2.05, 4.69) is 10.4 Å². The Morgan fingerprint density at radius 2 is 2.00 bits per heavy atom. The number of benzene rings is 2. The van der Waals surface area contributed by atoms with Crippen LogP contribution in [0, 0.1) is 18.6 Å². The molecule has 0 aliphatic rings. The van der Waals surface area contributed by atoms with Crippen molar-refractivity contribution in [2.24, 2.45) is 0 Å². The first-order chi connectivity index (χ1) is 12.5. The minimum absolute atomic E-state index is 0.0216. The summed E-state index contributed by atoms with van der Waals surface area (Å²) in [5.74, 6) is -0.445. The van der Waals surface area contributed by atoms with Gasteiger partial charge in [0.15, 0.2) is 11.6 Å². The van der Waals surface area contributed by atoms with Gasteiger partial charge in [-0.25, -0.2) is 13.5 Å². The van der Waals surface area contributed by atoms with Gasteiger partial charge in [0, 0.05) is 23.8 Å². The van der Waals surface area contributed by atoms with Gasteiger partial charge in [0.25, 0.3) is 0 Å². The Morgan fingerprint density at radius 3 is 2.73 bits per heavy atom. The van der Waals surface area contributed by atoms with Gasteiger partial charge < -0.3 is 10.1 Å². The van der Waals surface area contributed by atoms with Crippen LogP contribution in [0.15, 0.2) is 48.7 Å². The van der Waals surface area contributed by atoms with E-state index in [0.29, 0.717) is 12.2 Å². The summed E-state index contributed by atoms with van der Waals surface area (Å²) in [6.07, 6.45) is 1.78. The Balaban J connectivity index is 1.74. The number of nitrogens with one attached hydrogen (secondary N) is 1. The Kier molecular flexibility index (Phi) is 5.32. The molecule has 0 bridgehead atoms. The maximum atomic E-state index is 13.5. The lowest BCUT2D eigenvalue weighted by atomic mass is 10.1. The number of aromatic nitrogens is 2. The molecular formula is C20H21F2N3O. The van der Waals surface area contributed by atoms with E-state index < -0.39 is 0 Å². The zero-order chi connectivity index (χ0) is 18.7. The second-order valence-corrected chi connectivity index (χ2v) is 6.15. The summed E-state index contributed by atoms with van der Waals surface area (Å²) in [5, 5.41) is 7.78. The van der Waals surface area contributed by atoms with E-state index in [1.54, 1.807) is 29.1 Å². The normalized spacial score (nSPS) is 12.2. The Labute approximate surface area is 151 Å². The number of halogens is 2. The first-order valence-corrected chi connectivity index (χ1v) is 8.36. The highest BCUT2D eigenvalue weighted by Gasteiger charge is 2.14. The molecular weight excluding hydrogens is 336 g/mol. The second kappa shape index (κ2) is 7.66. The van der Waals surface area contributed by atoms with Gasteiger partial charge in [-0.2, -0.15) is 5.10 Å². The van der Waals surface area contributed by atoms with Crippen LogP contribution in [0.3, 0.4) is 0 Å². The molecule has 0 spiro atoms. The van der Waals surface area contributed by atoms with E-state index in [1.807, 2.05) is 19.9 Å². The summed E-state index contributed by atoms with van der Waals surface area (Å²) in [4.78, 5) is 0. The molecule has 136 valence electrons. The van der Waals surface area contributed by atoms with E-state index in [4.69, 9.17) is 4.74 Å². The van der Waals surface area contributed by atoms with Crippen LogP contribution in [-0.2, 0) is 6.54 Å². The summed E-state index contributed by atoms with van der Waals surface area (Å²) in [5.41, 5.74) is 3.56. The van der Waals surface area contributed by atoms with Crippen LogP contribution >= 0.6 is 0 Å². The number of methoxy groups -OCH3 is 1. The monoisotopic (exact) mass is 357 g/mol. The Bertz CT molecular complexity index is 908. The zero-order valence-electron chi connectivity index (χ0n) is 15.0. The van der Waals surface area contributed by atoms with E-state index >= 15 is 0 Å². The van der Waals surface area contributed by atoms with Gasteiger partial charge in [-0.05, 0) is 49.7 Å². The Hall–Kier alpha value is -2.73. The van der Waals surface area contributed by atoms with Crippen molar-refractivity contribution in [3.05, 3.63) is 77.1 Å². The number of ether oxygens (including phenoxy) is 1. The Morgan fingerprint density at radius 1 is 1.19 bits per heavy atom. The molecule has 0 fully saturated rings. The fourth-order valence-corrected chi connectivity index (χ4v) is 2.91. The maximum Gasteiger partial charge on any atom is 0.165 e. The van der Waals surface area contributed by atoms with Gasteiger partial charge in [-0.1, -0.05) is 12.1 Å². The summed E-state index contributed by atoms with van der Waals surface area (Å²) < 4.78 is 33.7. The molecule has 26 heavy (non-hydrogen) atoms. The van der Waals surface area contributed by atoms with Gasteiger partial charge in [0.05, 0.1) is 19.0 Å². The minimum atomic E-state index is -0.378. The van der Waals surface area contributed by atoms with Crippen molar-refractivity contribution in [2.75, 3.05) is 7.11 Å². The fraction of sp³-hybridized carbons (Fsp3) is 0.250. The van der Waals surface area contributed by atoms with Crippen molar-refractivity contribution in [3.8, 4) is 11.4 Å². The predicted molar refractivity (Wildman–Crippen MR) is 96.5 cm³/mol. The van der Waals surface area contributed by atoms with Crippen LogP contribution < -0.4 is 10.1 Å². The lowest BCUT2D eigenvalue weighted by molar-refractivity contribution is 0.385. The van der Waals surface area contributed by atoms with Gasteiger partial charge in [0.2, 0.25) is 0 Å². The van der Waals surface area contributed by atoms with Crippen LogP contribution in [0.4, 0.5) is 8.78 Å². The fourth-order valence-electron chi connectivity index (χ4n) is 2.91. The second-order valence-electron chi connectivity index (χ2n) is 6.15. The molecule has 0 saturated heterocycles. The van der Waals surface area contributed by atoms with Crippen LogP contribution in [0.5, 0.6) is 5.75 Å². The minimum Gasteiger partial charge on any atom is -0.494 e. The molecule has 0 aliphatic carbocycles. The average Bonchev–Trinajstić information content (AvgIpc) is 3.02. The molecule has 6 heteroatoms. The highest BCUT2D eigenvalue weighted by Crippen LogP contribution is 2.22. The quantitative estimate of drug-likeness (QED) is 0.714. The zero-order valence-corrected chi connectivity index (χ0v) is 15.0. The summed E-state index contributed by atoms with van der Waals surface area (Å²) in [6.45, 7) is 4.54. The molecule has 1 heterocycles. The summed E-state index contributed by atoms with van der Waals surface area (Å²) in [7, 11) is 1.45. The van der Waals surface area contributed by atoms with Crippen molar-refractivity contribution in [3.63, 3.8) is 0 Å². The summed E-state index contributed by atoms with van der Waals surface area (Å²) in [6, 6.07) is 11.2. The lowest BCUT2D eigenvalue weighted by Gasteiger charge is -2.15. The van der Waals surface area contributed by atoms with Crippen molar-refractivity contribution in [2.45, 2.75) is 26.4 Å². The highest BCUT2D eigenvalue weighted by molar-refractivity contribution is 5.36. The molecule has 0 amide bonds. The van der Waals surface area contributed by atoms with Crippen LogP contribution in [0.1, 0.15) is 29.8 Å². The standard InChI is InChI=1S/C20H21F2N3O/c1-13(23-11-15-7-8-19(22)20(9-15)26-3)18-12-24-25(14(18)2)17-6-4-5-16(21)10-17/h4-10,12-13,23H,11H2,1-3H3/t13-/m0/s1. The van der Waals surface area contributed by atoms with E-state index in [1.165, 1.54) is 25.3 Å². The van der Waals surface area contributed by atoms with Crippen LogP contribution in [0.25, 0.3) is 5.69 Å². The summed E-state index contributed by atoms with van der Waals surface area (Å²) >= 11 is 0. The molecule has 1 atom stereocenters. The van der Waals surface area contributed by atoms with E-state index in [-0.39, 0.29) is 23.4 Å². The SMILES string of the molecule is COc1cc(CN[C@@H](C)c2cnn(-c3cccc(F)c3)c2C)ccc1F. The van der Waals surface area contributed by atoms with Gasteiger partial charge in [-0.15, -0.1) is 0 Å². The topological polar surface area (TPSA) is 39.1 Å². The van der Waals surface area contributed by atoms with Crippen LogP contribution in [0.2, 0.25) is 0 Å². The molecule has 3 aromatic rings. The third kappa shape index (κ3) is 3.75. The van der Waals surface area contributed by atoms with Crippen molar-refractivity contribution < 1.29 is 13.5 Å². The van der Waals surface area contributed by atoms with E-state index in [0.717, 1.165) is 16.8 Å². The third-order valence-electron chi connectivity index (χ3n) is 4.39. The number of nitrogens with zero attached hydrogens (tertiary/aromatic N) is 2. The van der Waals surface area contributed by atoms with Crippen molar-refractivity contribution >= 4 is 0 Å². The molecule has 0 aliphatic heterocycles. The van der Waals surface area contributed by atoms with Gasteiger partial charge >= 0.3 is 0 Å². The van der Waals surface area contributed by atoms with Gasteiger partial charge in [-0.3, -0.25) is 0 Å². The first kappa shape index (κ1) is 18.1. The number of rotatable bonds is 6. The highest BCUT2D eigenvalue weighted by atomic mass is 19.1. The van der Waals surface area contributed by atoms with Crippen LogP contribution in [-0.4, -0.2) is 16.9 Å². The molecule has 0 radical (unpaired) electrons. The molecule has 1 aromatic heterocycles. The molecule has 2 aromatic carbocycles. The van der Waals surface area contributed by atoms with Crippen molar-refractivity contribution in [1.82, 2.24) is 15.1 Å². The smallest absolute Gasteiger partial charge is 0.165 e. The molecule has 4 nitrogen and oxygen atoms in total.